The Morgan fingerprint density at radius 2 is 1.73 bits per heavy atom. The fraction of sp³-hybridized carbons (Fsp3) is 0.190. The smallest absolute Gasteiger partial charge is 0.168 e. The van der Waals surface area contributed by atoms with Crippen LogP contribution in [0.4, 0.5) is 0 Å². The highest BCUT2D eigenvalue weighted by atomic mass is 16.5. The first kappa shape index (κ1) is 17.6. The summed E-state index contributed by atoms with van der Waals surface area (Å²) in [7, 11) is 3.21. The molecule has 0 aliphatic carbocycles. The summed E-state index contributed by atoms with van der Waals surface area (Å²) in [5.74, 6) is 0.769. The maximum absolute atomic E-state index is 11.4. The minimum absolute atomic E-state index is 0.0842. The van der Waals surface area contributed by atoms with Crippen LogP contribution in [0, 0.1) is 6.92 Å². The summed E-state index contributed by atoms with van der Waals surface area (Å²) in [6, 6.07) is 11.3. The summed E-state index contributed by atoms with van der Waals surface area (Å²) in [5, 5.41) is 21.8. The number of phenolic OH excluding ortho intramolecular Hbond substituents is 2. The largest absolute Gasteiger partial charge is 0.504 e. The van der Waals surface area contributed by atoms with Crippen LogP contribution in [0.25, 0.3) is 10.8 Å². The van der Waals surface area contributed by atoms with Gasteiger partial charge < -0.3 is 19.7 Å². The van der Waals surface area contributed by atoms with Gasteiger partial charge in [-0.05, 0) is 29.7 Å². The van der Waals surface area contributed by atoms with Gasteiger partial charge in [-0.15, -0.1) is 0 Å². The maximum Gasteiger partial charge on any atom is 0.168 e. The van der Waals surface area contributed by atoms with Crippen molar-refractivity contribution < 1.29 is 24.5 Å². The minimum atomic E-state index is -0.392. The topological polar surface area (TPSA) is 76.0 Å². The molecule has 3 rings (SSSR count). The van der Waals surface area contributed by atoms with Crippen LogP contribution < -0.4 is 9.47 Å². The lowest BCUT2D eigenvalue weighted by Crippen LogP contribution is -2.00. The van der Waals surface area contributed by atoms with Gasteiger partial charge in [0.15, 0.2) is 17.8 Å². The SMILES string of the molecule is COc1cccc2c(OC)c(Cc3cc(C)c(O)c(O)c3C=O)ccc12. The molecule has 0 aliphatic heterocycles. The number of hydrogen-bond donors (Lipinski definition) is 2. The van der Waals surface area contributed by atoms with Crippen LogP contribution >= 0.6 is 0 Å². The van der Waals surface area contributed by atoms with E-state index in [2.05, 4.69) is 0 Å². The van der Waals surface area contributed by atoms with Gasteiger partial charge in [0, 0.05) is 17.2 Å². The third-order valence-electron chi connectivity index (χ3n) is 4.57. The summed E-state index contributed by atoms with van der Waals surface area (Å²) in [4.78, 5) is 11.4. The van der Waals surface area contributed by atoms with Crippen molar-refractivity contribution in [1.29, 1.82) is 0 Å². The van der Waals surface area contributed by atoms with Crippen LogP contribution in [-0.2, 0) is 6.42 Å². The molecule has 5 heteroatoms. The van der Waals surface area contributed by atoms with Crippen molar-refractivity contribution >= 4 is 17.1 Å². The summed E-state index contributed by atoms with van der Waals surface area (Å²) in [6.45, 7) is 1.68. The fourth-order valence-corrected chi connectivity index (χ4v) is 3.26. The number of carbonyl (C=O) groups is 1. The molecule has 0 saturated carbocycles. The molecule has 0 aliphatic rings. The molecule has 3 aromatic carbocycles. The summed E-state index contributed by atoms with van der Waals surface area (Å²) in [5.41, 5.74) is 2.07. The number of methoxy groups -OCH3 is 2. The molecule has 134 valence electrons. The van der Waals surface area contributed by atoms with E-state index in [1.807, 2.05) is 30.3 Å². The van der Waals surface area contributed by atoms with Gasteiger partial charge in [0.25, 0.3) is 0 Å². The van der Waals surface area contributed by atoms with E-state index in [0.29, 0.717) is 29.6 Å². The number of aromatic hydroxyl groups is 2. The van der Waals surface area contributed by atoms with E-state index in [-0.39, 0.29) is 11.3 Å². The van der Waals surface area contributed by atoms with Gasteiger partial charge in [-0.1, -0.05) is 30.3 Å². The molecular weight excluding hydrogens is 332 g/mol. The standard InChI is InChI=1S/C21H20O5/c1-12-9-14(17(11-22)20(24)19(12)23)10-13-7-8-15-16(21(13)26-3)5-4-6-18(15)25-2/h4-9,11,23-24H,10H2,1-3H3. The second kappa shape index (κ2) is 6.96. The molecule has 0 radical (unpaired) electrons. The van der Waals surface area contributed by atoms with Crippen molar-refractivity contribution in [3.8, 4) is 23.0 Å². The molecule has 0 atom stereocenters. The molecule has 2 N–H and O–H groups in total. The summed E-state index contributed by atoms with van der Waals surface area (Å²) < 4.78 is 11.0. The number of hydrogen-bond acceptors (Lipinski definition) is 5. The molecule has 0 heterocycles. The lowest BCUT2D eigenvalue weighted by molar-refractivity contribution is 0.111. The van der Waals surface area contributed by atoms with E-state index in [1.165, 1.54) is 0 Å². The van der Waals surface area contributed by atoms with Gasteiger partial charge in [0.05, 0.1) is 19.8 Å². The molecular formula is C21H20O5. The Labute approximate surface area is 151 Å². The van der Waals surface area contributed by atoms with E-state index >= 15 is 0 Å². The normalized spacial score (nSPS) is 10.7. The molecule has 5 nitrogen and oxygen atoms in total. The number of carbonyl (C=O) groups excluding carboxylic acids is 1. The molecule has 26 heavy (non-hydrogen) atoms. The van der Waals surface area contributed by atoms with E-state index in [9.17, 15) is 15.0 Å². The molecule has 0 saturated heterocycles. The Hall–Kier alpha value is -3.21. The van der Waals surface area contributed by atoms with Crippen molar-refractivity contribution in [1.82, 2.24) is 0 Å². The number of aryl methyl sites for hydroxylation is 1. The highest BCUT2D eigenvalue weighted by Crippen LogP contribution is 2.38. The van der Waals surface area contributed by atoms with Crippen molar-refractivity contribution in [3.63, 3.8) is 0 Å². The Morgan fingerprint density at radius 1 is 0.962 bits per heavy atom. The highest BCUT2D eigenvalue weighted by molar-refractivity contribution is 5.94. The average molecular weight is 352 g/mol. The summed E-state index contributed by atoms with van der Waals surface area (Å²) >= 11 is 0. The van der Waals surface area contributed by atoms with Gasteiger partial charge in [0.2, 0.25) is 0 Å². The maximum atomic E-state index is 11.4. The molecule has 0 amide bonds. The third kappa shape index (κ3) is 2.81. The zero-order valence-electron chi connectivity index (χ0n) is 14.9. The predicted octanol–water partition coefficient (Wildman–Crippen LogP) is 3.98. The van der Waals surface area contributed by atoms with E-state index in [4.69, 9.17) is 9.47 Å². The Bertz CT molecular complexity index is 992. The zero-order chi connectivity index (χ0) is 18.8. The van der Waals surface area contributed by atoms with Crippen LogP contribution in [0.5, 0.6) is 23.0 Å². The lowest BCUT2D eigenvalue weighted by Gasteiger charge is -2.16. The minimum Gasteiger partial charge on any atom is -0.504 e. The van der Waals surface area contributed by atoms with E-state index in [0.717, 1.165) is 22.1 Å². The van der Waals surface area contributed by atoms with Crippen LogP contribution in [0.15, 0.2) is 36.4 Å². The number of fused-ring (bicyclic) bond motifs is 1. The Balaban J connectivity index is 2.17. The molecule has 0 spiro atoms. The fourth-order valence-electron chi connectivity index (χ4n) is 3.26. The Morgan fingerprint density at radius 3 is 2.38 bits per heavy atom. The van der Waals surface area contributed by atoms with Crippen LogP contribution in [0.1, 0.15) is 27.0 Å². The van der Waals surface area contributed by atoms with Gasteiger partial charge in [-0.25, -0.2) is 0 Å². The first-order valence-corrected chi connectivity index (χ1v) is 8.14. The van der Waals surface area contributed by atoms with Crippen LogP contribution in [-0.4, -0.2) is 30.7 Å². The number of phenols is 2. The summed E-state index contributed by atoms with van der Waals surface area (Å²) in [6.07, 6.45) is 0.930. The number of ether oxygens (including phenoxy) is 2. The van der Waals surface area contributed by atoms with Crippen LogP contribution in [0.3, 0.4) is 0 Å². The van der Waals surface area contributed by atoms with Crippen molar-refractivity contribution in [3.05, 3.63) is 58.7 Å². The van der Waals surface area contributed by atoms with Gasteiger partial charge in [-0.3, -0.25) is 4.79 Å². The molecule has 3 aromatic rings. The first-order chi connectivity index (χ1) is 12.5. The predicted molar refractivity (Wildman–Crippen MR) is 99.8 cm³/mol. The number of rotatable bonds is 5. The van der Waals surface area contributed by atoms with Crippen LogP contribution in [0.2, 0.25) is 0 Å². The Kier molecular flexibility index (Phi) is 4.71. The molecule has 0 aromatic heterocycles. The van der Waals surface area contributed by atoms with E-state index < -0.39 is 5.75 Å². The van der Waals surface area contributed by atoms with Crippen molar-refractivity contribution in [2.45, 2.75) is 13.3 Å². The second-order valence-electron chi connectivity index (χ2n) is 6.07. The highest BCUT2D eigenvalue weighted by Gasteiger charge is 2.18. The second-order valence-corrected chi connectivity index (χ2v) is 6.07. The zero-order valence-corrected chi connectivity index (χ0v) is 14.9. The van der Waals surface area contributed by atoms with Crippen molar-refractivity contribution in [2.75, 3.05) is 14.2 Å². The average Bonchev–Trinajstić information content (AvgIpc) is 2.65. The van der Waals surface area contributed by atoms with Gasteiger partial charge in [-0.2, -0.15) is 0 Å². The number of benzene rings is 3. The molecule has 0 bridgehead atoms. The van der Waals surface area contributed by atoms with E-state index in [1.54, 1.807) is 27.2 Å². The molecule has 0 fully saturated rings. The van der Waals surface area contributed by atoms with Gasteiger partial charge in [0.1, 0.15) is 11.5 Å². The monoisotopic (exact) mass is 352 g/mol. The first-order valence-electron chi connectivity index (χ1n) is 8.14. The van der Waals surface area contributed by atoms with Crippen molar-refractivity contribution in [2.24, 2.45) is 0 Å². The van der Waals surface area contributed by atoms with Gasteiger partial charge >= 0.3 is 0 Å². The third-order valence-corrected chi connectivity index (χ3v) is 4.57. The molecule has 0 unspecified atom stereocenters. The number of aldehydes is 1. The lowest BCUT2D eigenvalue weighted by atomic mass is 9.94. The quantitative estimate of drug-likeness (QED) is 0.536.